The Kier molecular flexibility index (Phi) is 4.56. The number of carbonyl (C=O) groups excluding carboxylic acids is 1. The first kappa shape index (κ1) is 18.8. The van der Waals surface area contributed by atoms with Crippen LogP contribution in [-0.4, -0.2) is 35.2 Å². The summed E-state index contributed by atoms with van der Waals surface area (Å²) in [5.74, 6) is -1.89. The molecule has 0 spiro atoms. The second kappa shape index (κ2) is 6.32. The second-order valence-electron chi connectivity index (χ2n) is 7.23. The van der Waals surface area contributed by atoms with Gasteiger partial charge < -0.3 is 15.2 Å². The predicted molar refractivity (Wildman–Crippen MR) is 98.2 cm³/mol. The minimum absolute atomic E-state index is 0.216. The maximum atomic E-state index is 13.5. The van der Waals surface area contributed by atoms with E-state index >= 15 is 0 Å². The van der Waals surface area contributed by atoms with Crippen LogP contribution in [0.4, 0.5) is 4.39 Å². The lowest BCUT2D eigenvalue weighted by Gasteiger charge is -2.58. The second-order valence-corrected chi connectivity index (χ2v) is 8.28. The molecule has 2 aromatic rings. The molecule has 1 aliphatic rings. The van der Waals surface area contributed by atoms with Crippen molar-refractivity contribution in [3.8, 4) is 0 Å². The van der Waals surface area contributed by atoms with E-state index in [2.05, 4.69) is 5.32 Å². The van der Waals surface area contributed by atoms with Gasteiger partial charge in [-0.05, 0) is 36.9 Å². The van der Waals surface area contributed by atoms with Crippen LogP contribution in [0.25, 0.3) is 10.1 Å². The first-order valence-corrected chi connectivity index (χ1v) is 9.32. The lowest BCUT2D eigenvalue weighted by molar-refractivity contribution is -0.190. The Hall–Kier alpha value is -1.99. The number of thiophene rings is 1. The molecule has 7 heteroatoms. The summed E-state index contributed by atoms with van der Waals surface area (Å²) in [6, 6.07) is 4.37. The van der Waals surface area contributed by atoms with Gasteiger partial charge in [0.25, 0.3) is 5.91 Å². The summed E-state index contributed by atoms with van der Waals surface area (Å²) in [5.41, 5.74) is -1.42. The number of rotatable bonds is 5. The number of hydrogen-bond donors (Lipinski definition) is 2. The number of carbonyl (C=O) groups is 2. The van der Waals surface area contributed by atoms with Crippen LogP contribution < -0.4 is 5.32 Å². The first-order chi connectivity index (χ1) is 12.1. The normalized spacial score (nSPS) is 24.3. The number of hydrogen-bond acceptors (Lipinski definition) is 4. The molecule has 0 aliphatic heterocycles. The zero-order valence-corrected chi connectivity index (χ0v) is 16.0. The van der Waals surface area contributed by atoms with Crippen molar-refractivity contribution in [1.29, 1.82) is 0 Å². The topological polar surface area (TPSA) is 75.6 Å². The Balaban J connectivity index is 1.93. The fraction of sp³-hybridized carbons (Fsp3) is 0.474. The van der Waals surface area contributed by atoms with Crippen molar-refractivity contribution in [2.45, 2.75) is 45.8 Å². The summed E-state index contributed by atoms with van der Waals surface area (Å²) in [6.07, 6.45) is -0.0190. The van der Waals surface area contributed by atoms with Crippen LogP contribution in [0.15, 0.2) is 18.2 Å². The van der Waals surface area contributed by atoms with Crippen LogP contribution in [0.1, 0.15) is 42.4 Å². The van der Waals surface area contributed by atoms with Gasteiger partial charge in [-0.25, -0.2) is 9.18 Å². The van der Waals surface area contributed by atoms with Gasteiger partial charge in [0.05, 0.1) is 11.0 Å². The molecule has 1 aromatic heterocycles. The van der Waals surface area contributed by atoms with Crippen LogP contribution in [0, 0.1) is 18.2 Å². The Bertz CT molecular complexity index is 891. The largest absolute Gasteiger partial charge is 0.479 e. The monoisotopic (exact) mass is 379 g/mol. The summed E-state index contributed by atoms with van der Waals surface area (Å²) in [6.45, 7) is 7.71. The zero-order valence-electron chi connectivity index (χ0n) is 15.2. The van der Waals surface area contributed by atoms with Crippen molar-refractivity contribution in [3.63, 3.8) is 0 Å². The smallest absolute Gasteiger partial charge is 0.330 e. The highest BCUT2D eigenvalue weighted by molar-refractivity contribution is 7.21. The van der Waals surface area contributed by atoms with E-state index in [0.717, 1.165) is 10.9 Å². The number of carboxylic acid groups (broad SMARTS) is 1. The van der Waals surface area contributed by atoms with Crippen molar-refractivity contribution in [2.75, 3.05) is 6.61 Å². The van der Waals surface area contributed by atoms with Gasteiger partial charge in [-0.1, -0.05) is 19.9 Å². The van der Waals surface area contributed by atoms with Gasteiger partial charge in [0.1, 0.15) is 11.4 Å². The summed E-state index contributed by atoms with van der Waals surface area (Å²) in [7, 11) is 0. The molecule has 0 radical (unpaired) electrons. The Labute approximate surface area is 155 Å². The number of nitrogens with one attached hydrogen (secondary N) is 1. The number of carboxylic acids is 1. The van der Waals surface area contributed by atoms with Crippen LogP contribution >= 0.6 is 11.3 Å². The van der Waals surface area contributed by atoms with Crippen molar-refractivity contribution in [1.82, 2.24) is 5.32 Å². The van der Waals surface area contributed by atoms with E-state index in [4.69, 9.17) is 4.74 Å². The van der Waals surface area contributed by atoms with E-state index in [1.165, 1.54) is 23.5 Å². The molecule has 140 valence electrons. The minimum Gasteiger partial charge on any atom is -0.479 e. The molecule has 2 N–H and O–H groups in total. The van der Waals surface area contributed by atoms with Gasteiger partial charge in [0.15, 0.2) is 0 Å². The van der Waals surface area contributed by atoms with Gasteiger partial charge >= 0.3 is 5.97 Å². The van der Waals surface area contributed by atoms with Gasteiger partial charge in [-0.2, -0.15) is 0 Å². The molecule has 1 heterocycles. The number of amides is 1. The molecule has 5 nitrogen and oxygen atoms in total. The third kappa shape index (κ3) is 2.61. The van der Waals surface area contributed by atoms with Crippen LogP contribution in [0.5, 0.6) is 0 Å². The molecular formula is C19H22FNO4S. The molecule has 1 amide bonds. The molecule has 1 fully saturated rings. The molecule has 2 atom stereocenters. The molecule has 2 unspecified atom stereocenters. The highest BCUT2D eigenvalue weighted by Crippen LogP contribution is 2.51. The summed E-state index contributed by atoms with van der Waals surface area (Å²) >= 11 is 1.17. The fourth-order valence-electron chi connectivity index (χ4n) is 3.70. The number of benzene rings is 1. The minimum atomic E-state index is -1.39. The molecule has 1 aromatic carbocycles. The van der Waals surface area contributed by atoms with Crippen LogP contribution in [0.2, 0.25) is 0 Å². The Morgan fingerprint density at radius 2 is 2.12 bits per heavy atom. The van der Waals surface area contributed by atoms with Crippen molar-refractivity contribution in [3.05, 3.63) is 34.5 Å². The predicted octanol–water partition coefficient (Wildman–Crippen LogP) is 3.74. The average molecular weight is 379 g/mol. The van der Waals surface area contributed by atoms with Gasteiger partial charge in [-0.3, -0.25) is 4.79 Å². The molecule has 1 aliphatic carbocycles. The van der Waals surface area contributed by atoms with E-state index in [9.17, 15) is 19.1 Å². The van der Waals surface area contributed by atoms with E-state index in [1.807, 2.05) is 6.92 Å². The molecule has 3 rings (SSSR count). The van der Waals surface area contributed by atoms with E-state index in [0.29, 0.717) is 16.2 Å². The summed E-state index contributed by atoms with van der Waals surface area (Å²) in [5, 5.41) is 13.4. The summed E-state index contributed by atoms with van der Waals surface area (Å²) in [4.78, 5) is 25.3. The molecule has 0 saturated heterocycles. The number of ether oxygens (including phenoxy) is 1. The standard InChI is InChI=1S/C19H22FNO4S/c1-5-25-14-9-19(17(23)24,18(14,3)4)21-16(22)15-10(2)12-7-6-11(20)8-13(12)26-15/h6-8,14H,5,9H2,1-4H3,(H,21,22)(H,23,24). The van der Waals surface area contributed by atoms with E-state index in [-0.39, 0.29) is 18.3 Å². The molecule has 1 saturated carbocycles. The molecule has 26 heavy (non-hydrogen) atoms. The quantitative estimate of drug-likeness (QED) is 0.830. The van der Waals surface area contributed by atoms with Crippen LogP contribution in [-0.2, 0) is 9.53 Å². The zero-order chi connectivity index (χ0) is 19.3. The van der Waals surface area contributed by atoms with Crippen molar-refractivity contribution in [2.24, 2.45) is 5.41 Å². The third-order valence-corrected chi connectivity index (χ3v) is 6.82. The Morgan fingerprint density at radius 3 is 2.69 bits per heavy atom. The molecular weight excluding hydrogens is 357 g/mol. The first-order valence-electron chi connectivity index (χ1n) is 8.50. The van der Waals surface area contributed by atoms with Crippen LogP contribution in [0.3, 0.4) is 0 Å². The van der Waals surface area contributed by atoms with E-state index in [1.54, 1.807) is 26.8 Å². The third-order valence-electron chi connectivity index (χ3n) is 5.56. The lowest BCUT2D eigenvalue weighted by Crippen LogP contribution is -2.76. The van der Waals surface area contributed by atoms with Gasteiger partial charge in [-0.15, -0.1) is 11.3 Å². The SMILES string of the molecule is CCOC1CC(NC(=O)c2sc3cc(F)ccc3c2C)(C(=O)O)C1(C)C. The number of aliphatic carboxylic acids is 1. The summed E-state index contributed by atoms with van der Waals surface area (Å²) < 4.78 is 19.7. The lowest BCUT2D eigenvalue weighted by atomic mass is 9.54. The number of halogens is 1. The maximum absolute atomic E-state index is 13.5. The van der Waals surface area contributed by atoms with Gasteiger partial charge in [0, 0.05) is 23.1 Å². The number of aryl methyl sites for hydroxylation is 1. The Morgan fingerprint density at radius 1 is 1.42 bits per heavy atom. The number of fused-ring (bicyclic) bond motifs is 1. The highest BCUT2D eigenvalue weighted by atomic mass is 32.1. The van der Waals surface area contributed by atoms with Crippen molar-refractivity contribution >= 4 is 33.3 Å². The van der Waals surface area contributed by atoms with Gasteiger partial charge in [0.2, 0.25) is 0 Å². The molecule has 0 bridgehead atoms. The van der Waals surface area contributed by atoms with E-state index < -0.39 is 22.8 Å². The maximum Gasteiger partial charge on any atom is 0.330 e. The fourth-order valence-corrected chi connectivity index (χ4v) is 4.83. The van der Waals surface area contributed by atoms with Crippen molar-refractivity contribution < 1.29 is 23.8 Å². The average Bonchev–Trinajstić information content (AvgIpc) is 2.89. The highest BCUT2D eigenvalue weighted by Gasteiger charge is 2.66.